The number of aromatic hydroxyl groups is 1. The number of rotatable bonds is 2. The number of phenols is 1. The topological polar surface area (TPSA) is 61.4 Å². The highest BCUT2D eigenvalue weighted by molar-refractivity contribution is 6.31. The average molecular weight is 399 g/mol. The molecule has 0 radical (unpaired) electrons. The van der Waals surface area contributed by atoms with Crippen LogP contribution in [0.4, 0.5) is 42.5 Å². The number of hydrogen-bond donors (Lipinski definition) is 3. The number of amides is 2. The largest absolute Gasteiger partial charge is 0.508 e. The van der Waals surface area contributed by atoms with Crippen LogP contribution in [0.2, 0.25) is 5.02 Å². The molecule has 0 aliphatic heterocycles. The van der Waals surface area contributed by atoms with Crippen LogP contribution < -0.4 is 10.6 Å². The van der Waals surface area contributed by atoms with Gasteiger partial charge in [-0.15, -0.1) is 0 Å². The molecule has 2 rings (SSSR count). The van der Waals surface area contributed by atoms with Gasteiger partial charge < -0.3 is 15.7 Å². The fourth-order valence-corrected chi connectivity index (χ4v) is 2.19. The summed E-state index contributed by atoms with van der Waals surface area (Å²) in [5.74, 6) is -0.749. The van der Waals surface area contributed by atoms with Crippen LogP contribution >= 0.6 is 11.6 Å². The van der Waals surface area contributed by atoms with Crippen molar-refractivity contribution in [2.75, 3.05) is 10.6 Å². The van der Waals surface area contributed by atoms with Gasteiger partial charge >= 0.3 is 18.4 Å². The van der Waals surface area contributed by atoms with E-state index < -0.39 is 46.0 Å². The lowest BCUT2D eigenvalue weighted by atomic mass is 10.2. The molecule has 0 atom stereocenters. The number of carbonyl (C=O) groups is 1. The Balaban J connectivity index is 2.19. The van der Waals surface area contributed by atoms with E-state index in [9.17, 15) is 36.2 Å². The van der Waals surface area contributed by atoms with E-state index in [1.165, 1.54) is 0 Å². The average Bonchev–Trinajstić information content (AvgIpc) is 2.46. The number of benzene rings is 2. The monoisotopic (exact) mass is 398 g/mol. The summed E-state index contributed by atoms with van der Waals surface area (Å²) in [6.07, 6.45) is -9.51. The van der Waals surface area contributed by atoms with E-state index in [4.69, 9.17) is 11.6 Å². The van der Waals surface area contributed by atoms with Gasteiger partial charge in [-0.25, -0.2) is 4.79 Å². The Kier molecular flexibility index (Phi) is 5.26. The van der Waals surface area contributed by atoms with Crippen LogP contribution in [0.25, 0.3) is 0 Å². The highest BCUT2D eigenvalue weighted by Crippen LogP contribution is 2.36. The molecule has 0 aliphatic carbocycles. The Labute approximate surface area is 147 Å². The second-order valence-electron chi connectivity index (χ2n) is 5.04. The van der Waals surface area contributed by atoms with Crippen LogP contribution in [0.1, 0.15) is 11.1 Å². The van der Waals surface area contributed by atoms with E-state index in [1.807, 2.05) is 10.6 Å². The van der Waals surface area contributed by atoms with Crippen molar-refractivity contribution in [1.82, 2.24) is 0 Å². The van der Waals surface area contributed by atoms with Gasteiger partial charge in [0.05, 0.1) is 16.1 Å². The van der Waals surface area contributed by atoms with Crippen molar-refractivity contribution in [2.24, 2.45) is 0 Å². The molecular formula is C15H9ClF6N2O2. The van der Waals surface area contributed by atoms with E-state index in [0.29, 0.717) is 18.2 Å². The van der Waals surface area contributed by atoms with Crippen molar-refractivity contribution in [3.05, 3.63) is 52.5 Å². The van der Waals surface area contributed by atoms with E-state index in [2.05, 4.69) is 0 Å². The molecule has 3 N–H and O–H groups in total. The molecule has 0 saturated heterocycles. The zero-order valence-electron chi connectivity index (χ0n) is 12.5. The van der Waals surface area contributed by atoms with Gasteiger partial charge in [0.15, 0.2) is 0 Å². The van der Waals surface area contributed by atoms with Gasteiger partial charge in [0.25, 0.3) is 0 Å². The van der Waals surface area contributed by atoms with Crippen molar-refractivity contribution < 1.29 is 36.2 Å². The molecule has 11 heteroatoms. The first kappa shape index (κ1) is 19.7. The molecule has 2 aromatic rings. The molecule has 0 bridgehead atoms. The fourth-order valence-electron chi connectivity index (χ4n) is 1.96. The maximum atomic E-state index is 12.8. The molecule has 0 aliphatic rings. The van der Waals surface area contributed by atoms with Gasteiger partial charge in [-0.3, -0.25) is 0 Å². The quantitative estimate of drug-likeness (QED) is 0.566. The molecule has 0 unspecified atom stereocenters. The molecule has 0 fully saturated rings. The molecule has 4 nitrogen and oxygen atoms in total. The first-order valence-corrected chi connectivity index (χ1v) is 7.10. The minimum atomic E-state index is -4.76. The second-order valence-corrected chi connectivity index (χ2v) is 5.45. The number of hydrogen-bond acceptors (Lipinski definition) is 2. The molecular weight excluding hydrogens is 390 g/mol. The van der Waals surface area contributed by atoms with Crippen LogP contribution in [0.15, 0.2) is 36.4 Å². The summed E-state index contributed by atoms with van der Waals surface area (Å²) < 4.78 is 76.3. The zero-order chi connectivity index (χ0) is 19.7. The molecule has 0 spiro atoms. The van der Waals surface area contributed by atoms with Crippen molar-refractivity contribution in [3.8, 4) is 5.75 Å². The van der Waals surface area contributed by atoms with Crippen LogP contribution in [-0.2, 0) is 12.4 Å². The Bertz CT molecular complexity index is 836. The molecule has 2 amide bonds. The Morgan fingerprint density at radius 1 is 0.885 bits per heavy atom. The third-order valence-electron chi connectivity index (χ3n) is 3.03. The number of anilines is 2. The molecule has 2 aromatic carbocycles. The third kappa shape index (κ3) is 4.94. The SMILES string of the molecule is O=C(Nc1cc(O)cc(C(F)(F)F)c1)Nc1ccc(Cl)c(C(F)(F)F)c1. The normalized spacial score (nSPS) is 12.0. The van der Waals surface area contributed by atoms with Gasteiger partial charge in [0, 0.05) is 17.4 Å². The lowest BCUT2D eigenvalue weighted by Crippen LogP contribution is -2.20. The van der Waals surface area contributed by atoms with Crippen LogP contribution in [0.5, 0.6) is 5.75 Å². The van der Waals surface area contributed by atoms with Crippen molar-refractivity contribution in [2.45, 2.75) is 12.4 Å². The summed E-state index contributed by atoms with van der Waals surface area (Å²) in [5.41, 5.74) is -3.08. The molecule has 140 valence electrons. The third-order valence-corrected chi connectivity index (χ3v) is 3.36. The lowest BCUT2D eigenvalue weighted by molar-refractivity contribution is -0.138. The van der Waals surface area contributed by atoms with Crippen LogP contribution in [-0.4, -0.2) is 11.1 Å². The van der Waals surface area contributed by atoms with E-state index >= 15 is 0 Å². The second kappa shape index (κ2) is 6.94. The summed E-state index contributed by atoms with van der Waals surface area (Å²) in [6.45, 7) is 0. The molecule has 26 heavy (non-hydrogen) atoms. The highest BCUT2D eigenvalue weighted by atomic mass is 35.5. The summed E-state index contributed by atoms with van der Waals surface area (Å²) in [7, 11) is 0. The molecule has 0 heterocycles. The Morgan fingerprint density at radius 2 is 1.50 bits per heavy atom. The fraction of sp³-hybridized carbons (Fsp3) is 0.133. The molecule has 0 aromatic heterocycles. The van der Waals surface area contributed by atoms with Gasteiger partial charge in [-0.05, 0) is 30.3 Å². The van der Waals surface area contributed by atoms with Crippen LogP contribution in [0, 0.1) is 0 Å². The summed E-state index contributed by atoms with van der Waals surface area (Å²) in [6, 6.07) is 3.32. The number of carbonyl (C=O) groups excluding carboxylic acids is 1. The van der Waals surface area contributed by atoms with Crippen molar-refractivity contribution in [1.29, 1.82) is 0 Å². The standard InChI is InChI=1S/C15H9ClF6N2O2/c16-12-2-1-8(6-11(12)15(20,21)22)23-13(26)24-9-3-7(14(17,18)19)4-10(25)5-9/h1-6,25H,(H2,23,24,26). The molecule has 0 saturated carbocycles. The minimum Gasteiger partial charge on any atom is -0.508 e. The first-order chi connectivity index (χ1) is 11.9. The van der Waals surface area contributed by atoms with Crippen LogP contribution in [0.3, 0.4) is 0 Å². The predicted octanol–water partition coefficient (Wildman–Crippen LogP) is 5.73. The maximum Gasteiger partial charge on any atom is 0.417 e. The van der Waals surface area contributed by atoms with Crippen molar-refractivity contribution >= 4 is 29.0 Å². The summed E-state index contributed by atoms with van der Waals surface area (Å²) in [5, 5.41) is 12.8. The van der Waals surface area contributed by atoms with Gasteiger partial charge in [0.1, 0.15) is 5.75 Å². The van der Waals surface area contributed by atoms with Gasteiger partial charge in [-0.2, -0.15) is 26.3 Å². The number of alkyl halides is 6. The highest BCUT2D eigenvalue weighted by Gasteiger charge is 2.33. The smallest absolute Gasteiger partial charge is 0.417 e. The zero-order valence-corrected chi connectivity index (χ0v) is 13.2. The summed E-state index contributed by atoms with van der Waals surface area (Å²) >= 11 is 5.44. The van der Waals surface area contributed by atoms with E-state index in [1.54, 1.807) is 0 Å². The van der Waals surface area contributed by atoms with Crippen molar-refractivity contribution in [3.63, 3.8) is 0 Å². The van der Waals surface area contributed by atoms with E-state index in [-0.39, 0.29) is 5.69 Å². The van der Waals surface area contributed by atoms with Gasteiger partial charge in [0.2, 0.25) is 0 Å². The summed E-state index contributed by atoms with van der Waals surface area (Å²) in [4.78, 5) is 11.8. The Morgan fingerprint density at radius 3 is 2.08 bits per heavy atom. The minimum absolute atomic E-state index is 0.282. The number of halogens is 7. The lowest BCUT2D eigenvalue weighted by Gasteiger charge is -2.13. The number of nitrogens with one attached hydrogen (secondary N) is 2. The Hall–Kier alpha value is -2.62. The predicted molar refractivity (Wildman–Crippen MR) is 82.2 cm³/mol. The van der Waals surface area contributed by atoms with E-state index in [0.717, 1.165) is 18.2 Å². The maximum absolute atomic E-state index is 12.8. The number of urea groups is 1. The number of phenolic OH excluding ortho intramolecular Hbond substituents is 1. The van der Waals surface area contributed by atoms with Gasteiger partial charge in [-0.1, -0.05) is 11.6 Å². The first-order valence-electron chi connectivity index (χ1n) is 6.72.